The third-order valence-electron chi connectivity index (χ3n) is 4.60. The van der Waals surface area contributed by atoms with Gasteiger partial charge in [0.1, 0.15) is 0 Å². The maximum absolute atomic E-state index is 12.3. The number of aromatic nitrogens is 1. The van der Waals surface area contributed by atoms with Crippen molar-refractivity contribution in [2.45, 2.75) is 20.8 Å². The van der Waals surface area contributed by atoms with Gasteiger partial charge < -0.3 is 4.57 Å². The van der Waals surface area contributed by atoms with Gasteiger partial charge in [0.15, 0.2) is 0 Å². The van der Waals surface area contributed by atoms with E-state index in [0.29, 0.717) is 10.6 Å². The predicted octanol–water partition coefficient (Wildman–Crippen LogP) is 4.73. The first-order chi connectivity index (χ1) is 13.8. The number of nitro groups is 1. The highest BCUT2D eigenvalue weighted by Gasteiger charge is 2.15. The summed E-state index contributed by atoms with van der Waals surface area (Å²) >= 11 is 6.31. The zero-order valence-electron chi connectivity index (χ0n) is 16.1. The largest absolute Gasteiger partial charge is 0.316 e. The summed E-state index contributed by atoms with van der Waals surface area (Å²) in [5.74, 6) is -0.524. The highest BCUT2D eigenvalue weighted by Crippen LogP contribution is 2.25. The van der Waals surface area contributed by atoms with E-state index in [-0.39, 0.29) is 11.3 Å². The fraction of sp³-hybridized carbons (Fsp3) is 0.143. The number of hydrogen-bond acceptors (Lipinski definition) is 4. The number of nitrogens with one attached hydrogen (secondary N) is 1. The van der Waals surface area contributed by atoms with Crippen LogP contribution in [0.15, 0.2) is 53.6 Å². The van der Waals surface area contributed by atoms with Crippen LogP contribution in [0.4, 0.5) is 5.69 Å². The summed E-state index contributed by atoms with van der Waals surface area (Å²) in [4.78, 5) is 22.8. The van der Waals surface area contributed by atoms with Gasteiger partial charge in [0.05, 0.1) is 21.8 Å². The van der Waals surface area contributed by atoms with Crippen LogP contribution in [0, 0.1) is 30.9 Å². The Morgan fingerprint density at radius 1 is 1.17 bits per heavy atom. The Balaban J connectivity index is 1.80. The average molecular weight is 411 g/mol. The molecule has 2 aromatic carbocycles. The van der Waals surface area contributed by atoms with Crippen LogP contribution in [-0.4, -0.2) is 21.6 Å². The van der Waals surface area contributed by atoms with Crippen LogP contribution in [0.2, 0.25) is 5.02 Å². The van der Waals surface area contributed by atoms with Crippen molar-refractivity contribution in [3.63, 3.8) is 0 Å². The Bertz CT molecular complexity index is 1130. The molecule has 0 atom stereocenters. The molecule has 3 aromatic rings. The standard InChI is InChI=1S/C21H19ClN4O3/c1-13-8-9-16(11-20(13)26(28)29)21(27)24-23-12-17-10-14(2)25(15(17)3)19-7-5-4-6-18(19)22/h4-12H,1-3H3,(H,24,27)/b23-12+. The van der Waals surface area contributed by atoms with Crippen LogP contribution in [0.25, 0.3) is 5.69 Å². The van der Waals surface area contributed by atoms with E-state index in [9.17, 15) is 14.9 Å². The molecule has 0 aliphatic rings. The van der Waals surface area contributed by atoms with E-state index in [1.54, 1.807) is 6.92 Å². The number of para-hydroxylation sites is 1. The molecular weight excluding hydrogens is 392 g/mol. The van der Waals surface area contributed by atoms with Crippen molar-refractivity contribution in [3.8, 4) is 5.69 Å². The van der Waals surface area contributed by atoms with Crippen LogP contribution in [0.5, 0.6) is 0 Å². The zero-order valence-corrected chi connectivity index (χ0v) is 16.9. The monoisotopic (exact) mass is 410 g/mol. The van der Waals surface area contributed by atoms with Gasteiger partial charge in [-0.05, 0) is 45.0 Å². The molecule has 0 aliphatic heterocycles. The van der Waals surface area contributed by atoms with E-state index < -0.39 is 10.8 Å². The number of amides is 1. The van der Waals surface area contributed by atoms with E-state index >= 15 is 0 Å². The minimum Gasteiger partial charge on any atom is -0.316 e. The molecule has 0 radical (unpaired) electrons. The van der Waals surface area contributed by atoms with E-state index in [1.807, 2.05) is 48.7 Å². The number of nitrogens with zero attached hydrogens (tertiary/aromatic N) is 3. The maximum Gasteiger partial charge on any atom is 0.273 e. The summed E-state index contributed by atoms with van der Waals surface area (Å²) < 4.78 is 2.01. The number of halogens is 1. The molecular formula is C21H19ClN4O3. The van der Waals surface area contributed by atoms with Crippen molar-refractivity contribution in [1.29, 1.82) is 0 Å². The van der Waals surface area contributed by atoms with Crippen molar-refractivity contribution in [1.82, 2.24) is 9.99 Å². The SMILES string of the molecule is Cc1ccc(C(=O)N/N=C/c2cc(C)n(-c3ccccc3Cl)c2C)cc1[N+](=O)[O-]. The summed E-state index contributed by atoms with van der Waals surface area (Å²) in [5, 5.41) is 15.7. The van der Waals surface area contributed by atoms with Gasteiger partial charge in [0, 0.05) is 34.1 Å². The number of aryl methyl sites for hydroxylation is 2. The summed E-state index contributed by atoms with van der Waals surface area (Å²) in [7, 11) is 0. The molecule has 0 spiro atoms. The summed E-state index contributed by atoms with van der Waals surface area (Å²) in [6.45, 7) is 5.51. The van der Waals surface area contributed by atoms with E-state index in [0.717, 1.165) is 22.6 Å². The highest BCUT2D eigenvalue weighted by atomic mass is 35.5. The van der Waals surface area contributed by atoms with Gasteiger partial charge in [-0.2, -0.15) is 5.10 Å². The lowest BCUT2D eigenvalue weighted by atomic mass is 10.1. The molecule has 1 amide bonds. The molecule has 0 saturated heterocycles. The van der Waals surface area contributed by atoms with Gasteiger partial charge in [0.25, 0.3) is 11.6 Å². The zero-order chi connectivity index (χ0) is 21.1. The highest BCUT2D eigenvalue weighted by molar-refractivity contribution is 6.32. The predicted molar refractivity (Wildman–Crippen MR) is 113 cm³/mol. The number of carbonyl (C=O) groups excluding carboxylic acids is 1. The van der Waals surface area contributed by atoms with Crippen molar-refractivity contribution in [2.24, 2.45) is 5.10 Å². The fourth-order valence-electron chi connectivity index (χ4n) is 3.09. The second kappa shape index (κ2) is 8.28. The quantitative estimate of drug-likeness (QED) is 0.374. The van der Waals surface area contributed by atoms with Crippen molar-refractivity contribution in [2.75, 3.05) is 0 Å². The molecule has 29 heavy (non-hydrogen) atoms. The van der Waals surface area contributed by atoms with Crippen molar-refractivity contribution in [3.05, 3.63) is 91.7 Å². The molecule has 0 unspecified atom stereocenters. The minimum absolute atomic E-state index is 0.107. The molecule has 8 heteroatoms. The van der Waals surface area contributed by atoms with Crippen LogP contribution in [0.3, 0.4) is 0 Å². The van der Waals surface area contributed by atoms with Crippen LogP contribution in [0.1, 0.15) is 32.9 Å². The Kier molecular flexibility index (Phi) is 5.79. The second-order valence-corrected chi connectivity index (χ2v) is 6.98. The third kappa shape index (κ3) is 4.20. The van der Waals surface area contributed by atoms with Gasteiger partial charge in [-0.1, -0.05) is 29.8 Å². The topological polar surface area (TPSA) is 89.5 Å². The Labute approximate surface area is 172 Å². The van der Waals surface area contributed by atoms with Gasteiger partial charge >= 0.3 is 0 Å². The fourth-order valence-corrected chi connectivity index (χ4v) is 3.31. The molecule has 0 aliphatic carbocycles. The molecule has 0 fully saturated rings. The van der Waals surface area contributed by atoms with Crippen LogP contribution >= 0.6 is 11.6 Å². The van der Waals surface area contributed by atoms with Crippen molar-refractivity contribution < 1.29 is 9.72 Å². The molecule has 1 heterocycles. The number of nitro benzene ring substituents is 1. The van der Waals surface area contributed by atoms with E-state index in [4.69, 9.17) is 11.6 Å². The summed E-state index contributed by atoms with van der Waals surface area (Å²) in [6.07, 6.45) is 1.54. The molecule has 0 bridgehead atoms. The first-order valence-corrected chi connectivity index (χ1v) is 9.19. The van der Waals surface area contributed by atoms with Crippen LogP contribution in [-0.2, 0) is 0 Å². The number of carbonyl (C=O) groups is 1. The van der Waals surface area contributed by atoms with Gasteiger partial charge in [-0.3, -0.25) is 14.9 Å². The third-order valence-corrected chi connectivity index (χ3v) is 4.92. The number of hydrazone groups is 1. The normalized spacial score (nSPS) is 11.0. The smallest absolute Gasteiger partial charge is 0.273 e. The number of benzene rings is 2. The lowest BCUT2D eigenvalue weighted by Gasteiger charge is -2.11. The van der Waals surface area contributed by atoms with E-state index in [1.165, 1.54) is 24.4 Å². The molecule has 3 rings (SSSR count). The lowest BCUT2D eigenvalue weighted by molar-refractivity contribution is -0.385. The van der Waals surface area contributed by atoms with Crippen LogP contribution < -0.4 is 5.43 Å². The second-order valence-electron chi connectivity index (χ2n) is 6.57. The van der Waals surface area contributed by atoms with Gasteiger partial charge in [0.2, 0.25) is 0 Å². The number of rotatable bonds is 5. The maximum atomic E-state index is 12.3. The summed E-state index contributed by atoms with van der Waals surface area (Å²) in [6, 6.07) is 13.8. The molecule has 7 nitrogen and oxygen atoms in total. The molecule has 0 saturated carbocycles. The Hall–Kier alpha value is -3.45. The summed E-state index contributed by atoms with van der Waals surface area (Å²) in [5.41, 5.74) is 6.53. The first kappa shape index (κ1) is 20.3. The van der Waals surface area contributed by atoms with E-state index in [2.05, 4.69) is 10.5 Å². The Morgan fingerprint density at radius 3 is 2.59 bits per heavy atom. The molecule has 1 N–H and O–H groups in total. The lowest BCUT2D eigenvalue weighted by Crippen LogP contribution is -2.18. The first-order valence-electron chi connectivity index (χ1n) is 8.82. The van der Waals surface area contributed by atoms with Gasteiger partial charge in [-0.15, -0.1) is 0 Å². The molecule has 1 aromatic heterocycles. The van der Waals surface area contributed by atoms with Crippen molar-refractivity contribution >= 4 is 29.4 Å². The minimum atomic E-state index is -0.524. The Morgan fingerprint density at radius 2 is 1.90 bits per heavy atom. The molecule has 148 valence electrons. The number of hydrogen-bond donors (Lipinski definition) is 1. The average Bonchev–Trinajstić information content (AvgIpc) is 2.96. The van der Waals surface area contributed by atoms with Gasteiger partial charge in [-0.25, -0.2) is 5.43 Å².